The first-order chi connectivity index (χ1) is 6.26. The second kappa shape index (κ2) is 8.48. The van der Waals surface area contributed by atoms with Crippen LogP contribution in [-0.4, -0.2) is 49.5 Å². The zero-order chi connectivity index (χ0) is 10.1. The SMILES string of the molecule is CCC(CC)N(C)CCOCCO. The molecule has 1 N–H and O–H groups in total. The normalized spacial score (nSPS) is 11.5. The van der Waals surface area contributed by atoms with Crippen LogP contribution in [0.3, 0.4) is 0 Å². The predicted molar refractivity (Wildman–Crippen MR) is 54.9 cm³/mol. The zero-order valence-electron chi connectivity index (χ0n) is 9.12. The standard InChI is InChI=1S/C10H23NO2/c1-4-10(5-2)11(3)6-8-13-9-7-12/h10,12H,4-9H2,1-3H3. The van der Waals surface area contributed by atoms with E-state index in [9.17, 15) is 0 Å². The van der Waals surface area contributed by atoms with E-state index < -0.39 is 0 Å². The monoisotopic (exact) mass is 189 g/mol. The van der Waals surface area contributed by atoms with Crippen molar-refractivity contribution < 1.29 is 9.84 Å². The maximum atomic E-state index is 8.49. The molecule has 0 atom stereocenters. The molecule has 0 aromatic rings. The van der Waals surface area contributed by atoms with Crippen LogP contribution >= 0.6 is 0 Å². The number of hydrogen-bond acceptors (Lipinski definition) is 3. The van der Waals surface area contributed by atoms with Crippen molar-refractivity contribution in [1.29, 1.82) is 0 Å². The Morgan fingerprint density at radius 1 is 1.23 bits per heavy atom. The Hall–Kier alpha value is -0.120. The van der Waals surface area contributed by atoms with Crippen molar-refractivity contribution in [3.8, 4) is 0 Å². The Labute approximate surface area is 81.7 Å². The molecule has 0 amide bonds. The summed E-state index contributed by atoms with van der Waals surface area (Å²) in [5.74, 6) is 0. The van der Waals surface area contributed by atoms with Crippen LogP contribution in [0.25, 0.3) is 0 Å². The molecule has 0 radical (unpaired) electrons. The summed E-state index contributed by atoms with van der Waals surface area (Å²) in [5, 5.41) is 8.49. The Morgan fingerprint density at radius 2 is 1.85 bits per heavy atom. The van der Waals surface area contributed by atoms with E-state index in [0.717, 1.165) is 6.54 Å². The number of likely N-dealkylation sites (N-methyl/N-ethyl adjacent to an activating group) is 1. The second-order valence-corrected chi connectivity index (χ2v) is 3.29. The first-order valence-corrected chi connectivity index (χ1v) is 5.15. The molecule has 0 fully saturated rings. The lowest BCUT2D eigenvalue weighted by Crippen LogP contribution is -2.33. The fraction of sp³-hybridized carbons (Fsp3) is 1.00. The van der Waals surface area contributed by atoms with E-state index in [1.54, 1.807) is 0 Å². The number of ether oxygens (including phenoxy) is 1. The number of aliphatic hydroxyl groups excluding tert-OH is 1. The molecule has 0 heterocycles. The van der Waals surface area contributed by atoms with Gasteiger partial charge in [-0.05, 0) is 19.9 Å². The number of nitrogens with zero attached hydrogens (tertiary/aromatic N) is 1. The molecule has 0 unspecified atom stereocenters. The fourth-order valence-corrected chi connectivity index (χ4v) is 1.47. The van der Waals surface area contributed by atoms with Gasteiger partial charge in [-0.1, -0.05) is 13.8 Å². The molecule has 0 aromatic carbocycles. The van der Waals surface area contributed by atoms with Gasteiger partial charge >= 0.3 is 0 Å². The first-order valence-electron chi connectivity index (χ1n) is 5.15. The van der Waals surface area contributed by atoms with Gasteiger partial charge in [0.25, 0.3) is 0 Å². The van der Waals surface area contributed by atoms with Gasteiger partial charge in [-0.2, -0.15) is 0 Å². The average Bonchev–Trinajstić information content (AvgIpc) is 2.14. The van der Waals surface area contributed by atoms with Gasteiger partial charge in [0.05, 0.1) is 19.8 Å². The van der Waals surface area contributed by atoms with Crippen LogP contribution < -0.4 is 0 Å². The average molecular weight is 189 g/mol. The Bertz CT molecular complexity index is 105. The summed E-state index contributed by atoms with van der Waals surface area (Å²) in [7, 11) is 2.12. The summed E-state index contributed by atoms with van der Waals surface area (Å²) >= 11 is 0. The maximum Gasteiger partial charge on any atom is 0.0698 e. The molecule has 3 nitrogen and oxygen atoms in total. The molecule has 0 saturated heterocycles. The van der Waals surface area contributed by atoms with Crippen LogP contribution in [0.2, 0.25) is 0 Å². The van der Waals surface area contributed by atoms with Crippen molar-refractivity contribution in [2.45, 2.75) is 32.7 Å². The lowest BCUT2D eigenvalue weighted by Gasteiger charge is -2.25. The van der Waals surface area contributed by atoms with E-state index in [1.165, 1.54) is 12.8 Å². The minimum atomic E-state index is 0.120. The van der Waals surface area contributed by atoms with Gasteiger partial charge in [-0.25, -0.2) is 0 Å². The summed E-state index contributed by atoms with van der Waals surface area (Å²) < 4.78 is 5.20. The summed E-state index contributed by atoms with van der Waals surface area (Å²) in [5.41, 5.74) is 0. The highest BCUT2D eigenvalue weighted by atomic mass is 16.5. The lowest BCUT2D eigenvalue weighted by molar-refractivity contribution is 0.0694. The van der Waals surface area contributed by atoms with Crippen molar-refractivity contribution in [3.05, 3.63) is 0 Å². The first kappa shape index (κ1) is 12.9. The van der Waals surface area contributed by atoms with Gasteiger partial charge in [0.1, 0.15) is 0 Å². The molecular weight excluding hydrogens is 166 g/mol. The van der Waals surface area contributed by atoms with Crippen LogP contribution in [0.4, 0.5) is 0 Å². The summed E-state index contributed by atoms with van der Waals surface area (Å²) in [6.45, 7) is 6.66. The minimum absolute atomic E-state index is 0.120. The molecule has 0 aliphatic rings. The molecule has 0 saturated carbocycles. The molecule has 0 spiro atoms. The molecule has 3 heteroatoms. The van der Waals surface area contributed by atoms with Gasteiger partial charge in [-0.3, -0.25) is 0 Å². The Balaban J connectivity index is 3.42. The molecule has 0 aliphatic carbocycles. The largest absolute Gasteiger partial charge is 0.394 e. The summed E-state index contributed by atoms with van der Waals surface area (Å²) in [4.78, 5) is 2.32. The van der Waals surface area contributed by atoms with Crippen molar-refractivity contribution in [3.63, 3.8) is 0 Å². The number of hydrogen-bond donors (Lipinski definition) is 1. The Kier molecular flexibility index (Phi) is 8.40. The van der Waals surface area contributed by atoms with E-state index in [0.29, 0.717) is 19.3 Å². The molecule has 0 aromatic heterocycles. The number of rotatable bonds is 8. The van der Waals surface area contributed by atoms with Crippen molar-refractivity contribution in [1.82, 2.24) is 4.90 Å². The van der Waals surface area contributed by atoms with E-state index in [4.69, 9.17) is 9.84 Å². The zero-order valence-corrected chi connectivity index (χ0v) is 9.12. The van der Waals surface area contributed by atoms with Gasteiger partial charge in [0, 0.05) is 12.6 Å². The third kappa shape index (κ3) is 6.02. The molecule has 13 heavy (non-hydrogen) atoms. The molecular formula is C10H23NO2. The number of aliphatic hydroxyl groups is 1. The highest BCUT2D eigenvalue weighted by Gasteiger charge is 2.08. The highest BCUT2D eigenvalue weighted by Crippen LogP contribution is 2.04. The van der Waals surface area contributed by atoms with Crippen LogP contribution in [0.5, 0.6) is 0 Å². The van der Waals surface area contributed by atoms with Gasteiger partial charge in [0.2, 0.25) is 0 Å². The molecule has 0 rings (SSSR count). The van der Waals surface area contributed by atoms with Gasteiger partial charge in [0.15, 0.2) is 0 Å². The van der Waals surface area contributed by atoms with E-state index >= 15 is 0 Å². The van der Waals surface area contributed by atoms with Crippen molar-refractivity contribution in [2.75, 3.05) is 33.4 Å². The Morgan fingerprint density at radius 3 is 2.31 bits per heavy atom. The third-order valence-corrected chi connectivity index (χ3v) is 2.39. The summed E-state index contributed by atoms with van der Waals surface area (Å²) in [6, 6.07) is 0.665. The highest BCUT2D eigenvalue weighted by molar-refractivity contribution is 4.64. The third-order valence-electron chi connectivity index (χ3n) is 2.39. The second-order valence-electron chi connectivity index (χ2n) is 3.29. The predicted octanol–water partition coefficient (Wildman–Crippen LogP) is 1.12. The molecule has 0 aliphatic heterocycles. The van der Waals surface area contributed by atoms with E-state index in [1.807, 2.05) is 0 Å². The molecule has 0 bridgehead atoms. The van der Waals surface area contributed by atoms with Crippen molar-refractivity contribution >= 4 is 0 Å². The van der Waals surface area contributed by atoms with E-state index in [2.05, 4.69) is 25.8 Å². The smallest absolute Gasteiger partial charge is 0.0698 e. The molecule has 80 valence electrons. The topological polar surface area (TPSA) is 32.7 Å². The van der Waals surface area contributed by atoms with Crippen molar-refractivity contribution in [2.24, 2.45) is 0 Å². The van der Waals surface area contributed by atoms with Crippen LogP contribution in [0.1, 0.15) is 26.7 Å². The van der Waals surface area contributed by atoms with Crippen LogP contribution in [0, 0.1) is 0 Å². The van der Waals surface area contributed by atoms with Gasteiger partial charge in [-0.15, -0.1) is 0 Å². The fourth-order valence-electron chi connectivity index (χ4n) is 1.47. The lowest BCUT2D eigenvalue weighted by atomic mass is 10.1. The van der Waals surface area contributed by atoms with E-state index in [-0.39, 0.29) is 6.61 Å². The van der Waals surface area contributed by atoms with Gasteiger partial charge < -0.3 is 14.7 Å². The quantitative estimate of drug-likeness (QED) is 0.581. The van der Waals surface area contributed by atoms with Crippen LogP contribution in [0.15, 0.2) is 0 Å². The van der Waals surface area contributed by atoms with Crippen LogP contribution in [-0.2, 0) is 4.74 Å². The maximum absolute atomic E-state index is 8.49. The summed E-state index contributed by atoms with van der Waals surface area (Å²) in [6.07, 6.45) is 2.38. The minimum Gasteiger partial charge on any atom is -0.394 e.